The van der Waals surface area contributed by atoms with Gasteiger partial charge >= 0.3 is 0 Å². The molecule has 0 radical (unpaired) electrons. The minimum Gasteiger partial charge on any atom is -0.207 e. The molecule has 0 amide bonds. The van der Waals surface area contributed by atoms with Crippen molar-refractivity contribution in [3.63, 3.8) is 0 Å². The Morgan fingerprint density at radius 2 is 1.68 bits per heavy atom. The molecular weight excluding hydrogens is 282 g/mol. The van der Waals surface area contributed by atoms with Gasteiger partial charge in [0.15, 0.2) is 0 Å². The minimum absolute atomic E-state index is 0.0924. The summed E-state index contributed by atoms with van der Waals surface area (Å²) in [6, 6.07) is 6.62. The van der Waals surface area contributed by atoms with Crippen LogP contribution in [0.2, 0.25) is 0 Å². The van der Waals surface area contributed by atoms with Gasteiger partial charge in [-0.15, -0.1) is 11.6 Å². The smallest absolute Gasteiger partial charge is 0.207 e. The van der Waals surface area contributed by atoms with Gasteiger partial charge in [0.1, 0.15) is 0 Å². The van der Waals surface area contributed by atoms with E-state index in [-0.39, 0.29) is 11.5 Å². The highest BCUT2D eigenvalue weighted by atomic mass is 35.5. The molecule has 0 aromatic heterocycles. The molecule has 0 fully saturated rings. The van der Waals surface area contributed by atoms with E-state index in [0.29, 0.717) is 10.8 Å². The first-order valence-electron chi connectivity index (χ1n) is 6.23. The van der Waals surface area contributed by atoms with Crippen LogP contribution in [0.4, 0.5) is 0 Å². The van der Waals surface area contributed by atoms with Crippen molar-refractivity contribution >= 4 is 21.6 Å². The van der Waals surface area contributed by atoms with Crippen LogP contribution < -0.4 is 0 Å². The number of halogens is 1. The first-order chi connectivity index (χ1) is 8.60. The third kappa shape index (κ3) is 3.71. The Morgan fingerprint density at radius 3 is 2.05 bits per heavy atom. The average Bonchev–Trinajstić information content (AvgIpc) is 2.35. The largest absolute Gasteiger partial charge is 0.243 e. The summed E-state index contributed by atoms with van der Waals surface area (Å²) < 4.78 is 26.5. The summed E-state index contributed by atoms with van der Waals surface area (Å²) in [5, 5.41) is 0. The van der Waals surface area contributed by atoms with Crippen LogP contribution in [0.5, 0.6) is 0 Å². The lowest BCUT2D eigenvalue weighted by atomic mass is 9.88. The van der Waals surface area contributed by atoms with Crippen LogP contribution in [-0.4, -0.2) is 25.8 Å². The molecule has 108 valence electrons. The van der Waals surface area contributed by atoms with Crippen molar-refractivity contribution in [2.24, 2.45) is 5.41 Å². The maximum Gasteiger partial charge on any atom is 0.243 e. The van der Waals surface area contributed by atoms with Crippen molar-refractivity contribution in [1.82, 2.24) is 4.31 Å². The molecule has 1 aromatic carbocycles. The van der Waals surface area contributed by atoms with E-state index in [1.54, 1.807) is 31.3 Å². The van der Waals surface area contributed by atoms with Crippen LogP contribution in [0.1, 0.15) is 33.3 Å². The molecule has 0 aliphatic heterocycles. The molecule has 1 rings (SSSR count). The Morgan fingerprint density at radius 1 is 1.21 bits per heavy atom. The quantitative estimate of drug-likeness (QED) is 0.799. The van der Waals surface area contributed by atoms with Gasteiger partial charge in [0.05, 0.1) is 4.90 Å². The molecule has 1 atom stereocenters. The van der Waals surface area contributed by atoms with Crippen LogP contribution in [0, 0.1) is 5.41 Å². The second kappa shape index (κ2) is 5.81. The first kappa shape index (κ1) is 16.5. The highest BCUT2D eigenvalue weighted by Crippen LogP contribution is 2.27. The van der Waals surface area contributed by atoms with Gasteiger partial charge in [-0.3, -0.25) is 0 Å². The molecular formula is C14H22ClNO2S. The van der Waals surface area contributed by atoms with E-state index >= 15 is 0 Å². The van der Waals surface area contributed by atoms with Gasteiger partial charge in [0.25, 0.3) is 0 Å². The van der Waals surface area contributed by atoms with E-state index in [9.17, 15) is 8.42 Å². The van der Waals surface area contributed by atoms with E-state index in [2.05, 4.69) is 0 Å². The van der Waals surface area contributed by atoms with Gasteiger partial charge < -0.3 is 0 Å². The van der Waals surface area contributed by atoms with Crippen LogP contribution in [0.15, 0.2) is 29.2 Å². The zero-order chi connectivity index (χ0) is 14.8. The van der Waals surface area contributed by atoms with Crippen molar-refractivity contribution in [2.75, 3.05) is 7.05 Å². The van der Waals surface area contributed by atoms with Gasteiger partial charge in [-0.2, -0.15) is 4.31 Å². The zero-order valence-corrected chi connectivity index (χ0v) is 13.7. The van der Waals surface area contributed by atoms with Crippen molar-refractivity contribution in [3.05, 3.63) is 29.8 Å². The molecule has 1 unspecified atom stereocenters. The standard InChI is InChI=1S/C14H22ClNO2S/c1-11(14(2,3)4)16(5)19(17,18)13-8-6-12(10-15)7-9-13/h6-9,11H,10H2,1-5H3. The second-order valence-corrected chi connectivity index (χ2v) is 8.11. The monoisotopic (exact) mass is 303 g/mol. The Balaban J connectivity index is 3.09. The molecule has 3 nitrogen and oxygen atoms in total. The van der Waals surface area contributed by atoms with E-state index in [4.69, 9.17) is 11.6 Å². The minimum atomic E-state index is -3.46. The molecule has 1 aromatic rings. The van der Waals surface area contributed by atoms with Crippen molar-refractivity contribution in [2.45, 2.75) is 44.5 Å². The summed E-state index contributed by atoms with van der Waals surface area (Å²) >= 11 is 5.71. The van der Waals surface area contributed by atoms with E-state index in [1.807, 2.05) is 27.7 Å². The topological polar surface area (TPSA) is 37.4 Å². The average molecular weight is 304 g/mol. The highest BCUT2D eigenvalue weighted by Gasteiger charge is 2.32. The van der Waals surface area contributed by atoms with Gasteiger partial charge in [0, 0.05) is 19.0 Å². The summed E-state index contributed by atoms with van der Waals surface area (Å²) in [6.45, 7) is 8.01. The molecule has 0 spiro atoms. The molecule has 0 N–H and O–H groups in total. The maximum absolute atomic E-state index is 12.5. The Bertz CT molecular complexity index is 517. The number of hydrogen-bond donors (Lipinski definition) is 0. The Labute approximate surface area is 121 Å². The van der Waals surface area contributed by atoms with Crippen LogP contribution >= 0.6 is 11.6 Å². The Hall–Kier alpha value is -0.580. The third-order valence-corrected chi connectivity index (χ3v) is 5.80. The van der Waals surface area contributed by atoms with Crippen LogP contribution in [0.3, 0.4) is 0 Å². The van der Waals surface area contributed by atoms with Crippen LogP contribution in [0.25, 0.3) is 0 Å². The summed E-state index contributed by atoms with van der Waals surface area (Å²) in [4.78, 5) is 0.306. The van der Waals surface area contributed by atoms with E-state index < -0.39 is 10.0 Å². The molecule has 0 aliphatic carbocycles. The van der Waals surface area contributed by atoms with Crippen molar-refractivity contribution < 1.29 is 8.42 Å². The van der Waals surface area contributed by atoms with Gasteiger partial charge in [-0.1, -0.05) is 32.9 Å². The normalized spacial score (nSPS) is 14.7. The lowest BCUT2D eigenvalue weighted by Crippen LogP contribution is -2.42. The number of alkyl halides is 1. The highest BCUT2D eigenvalue weighted by molar-refractivity contribution is 7.89. The SMILES string of the molecule is CC(N(C)S(=O)(=O)c1ccc(CCl)cc1)C(C)(C)C. The van der Waals surface area contributed by atoms with E-state index in [1.165, 1.54) is 4.31 Å². The fourth-order valence-electron chi connectivity index (χ4n) is 1.67. The maximum atomic E-state index is 12.5. The molecule has 0 heterocycles. The van der Waals surface area contributed by atoms with Crippen molar-refractivity contribution in [3.8, 4) is 0 Å². The molecule has 0 aliphatic rings. The predicted molar refractivity (Wildman–Crippen MR) is 79.9 cm³/mol. The lowest BCUT2D eigenvalue weighted by Gasteiger charge is -2.34. The first-order valence-corrected chi connectivity index (χ1v) is 8.21. The van der Waals surface area contributed by atoms with Gasteiger partial charge in [0.2, 0.25) is 10.0 Å². The third-order valence-electron chi connectivity index (χ3n) is 3.55. The number of sulfonamides is 1. The summed E-state index contributed by atoms with van der Waals surface area (Å²) in [7, 11) is -1.83. The number of nitrogens with zero attached hydrogens (tertiary/aromatic N) is 1. The van der Waals surface area contributed by atoms with E-state index in [0.717, 1.165) is 5.56 Å². The second-order valence-electron chi connectivity index (χ2n) is 5.84. The number of hydrogen-bond acceptors (Lipinski definition) is 2. The van der Waals surface area contributed by atoms with Gasteiger partial charge in [-0.05, 0) is 30.0 Å². The molecule has 5 heteroatoms. The Kier molecular flexibility index (Phi) is 5.04. The number of rotatable bonds is 4. The summed E-state index contributed by atoms with van der Waals surface area (Å²) in [6.07, 6.45) is 0. The summed E-state index contributed by atoms with van der Waals surface area (Å²) in [5.41, 5.74) is 0.796. The molecule has 0 saturated carbocycles. The molecule has 0 bridgehead atoms. The predicted octanol–water partition coefficient (Wildman–Crippen LogP) is 3.48. The lowest BCUT2D eigenvalue weighted by molar-refractivity contribution is 0.216. The van der Waals surface area contributed by atoms with Crippen molar-refractivity contribution in [1.29, 1.82) is 0 Å². The fraction of sp³-hybridized carbons (Fsp3) is 0.571. The van der Waals surface area contributed by atoms with Gasteiger partial charge in [-0.25, -0.2) is 8.42 Å². The molecule has 0 saturated heterocycles. The van der Waals surface area contributed by atoms with Crippen LogP contribution in [-0.2, 0) is 15.9 Å². The fourth-order valence-corrected chi connectivity index (χ4v) is 3.39. The zero-order valence-electron chi connectivity index (χ0n) is 12.1. The molecule has 19 heavy (non-hydrogen) atoms. The summed E-state index contributed by atoms with van der Waals surface area (Å²) in [5.74, 6) is 0.383. The number of benzene rings is 1.